The molecule has 27 heavy (non-hydrogen) atoms. The number of fused-ring (bicyclic) bond motifs is 1. The number of carbonyl (C=O) groups excluding carboxylic acids is 2. The number of benzene rings is 1. The molecule has 7 nitrogen and oxygen atoms in total. The lowest BCUT2D eigenvalue weighted by atomic mass is 10.1. The molecule has 0 saturated carbocycles. The molecular formula is C20H22N2O5. The first kappa shape index (κ1) is 20.1. The van der Waals surface area contributed by atoms with Crippen molar-refractivity contribution in [2.45, 2.75) is 26.3 Å². The number of carbonyl (C=O) groups is 2. The lowest BCUT2D eigenvalue weighted by Gasteiger charge is -2.19. The third kappa shape index (κ3) is 4.69. The van der Waals surface area contributed by atoms with Gasteiger partial charge in [-0.15, -0.1) is 0 Å². The topological polar surface area (TPSA) is 87.0 Å². The summed E-state index contributed by atoms with van der Waals surface area (Å²) < 4.78 is 10.7. The molecule has 0 saturated heterocycles. The van der Waals surface area contributed by atoms with Crippen molar-refractivity contribution >= 4 is 28.5 Å². The van der Waals surface area contributed by atoms with Crippen molar-refractivity contribution in [2.24, 2.45) is 4.99 Å². The van der Waals surface area contributed by atoms with Gasteiger partial charge in [-0.25, -0.2) is 9.59 Å². The third-order valence-corrected chi connectivity index (χ3v) is 3.59. The molecule has 0 amide bonds. The predicted octanol–water partition coefficient (Wildman–Crippen LogP) is 2.32. The van der Waals surface area contributed by atoms with Crippen molar-refractivity contribution in [3.05, 3.63) is 58.5 Å². The molecule has 142 valence electrons. The van der Waals surface area contributed by atoms with E-state index in [0.717, 1.165) is 11.5 Å². The SMILES string of the molecule is COC(=O)/C=C(/C(=O)OC)C(=NC(C)(C)C)n1ccc2ccccc2c1=O. The number of hydrogen-bond acceptors (Lipinski definition) is 6. The van der Waals surface area contributed by atoms with E-state index in [0.29, 0.717) is 5.39 Å². The van der Waals surface area contributed by atoms with Crippen LogP contribution in [0.25, 0.3) is 10.8 Å². The molecule has 0 unspecified atom stereocenters. The second kappa shape index (κ2) is 7.99. The smallest absolute Gasteiger partial charge is 0.341 e. The fourth-order valence-corrected chi connectivity index (χ4v) is 2.42. The zero-order valence-corrected chi connectivity index (χ0v) is 16.0. The maximum Gasteiger partial charge on any atom is 0.341 e. The zero-order chi connectivity index (χ0) is 20.2. The van der Waals surface area contributed by atoms with Crippen LogP contribution in [0.2, 0.25) is 0 Å². The zero-order valence-electron chi connectivity index (χ0n) is 16.0. The first-order valence-electron chi connectivity index (χ1n) is 8.27. The van der Waals surface area contributed by atoms with Crippen LogP contribution in [0.1, 0.15) is 20.8 Å². The molecule has 0 fully saturated rings. The van der Waals surface area contributed by atoms with E-state index >= 15 is 0 Å². The van der Waals surface area contributed by atoms with Crippen molar-refractivity contribution in [2.75, 3.05) is 14.2 Å². The van der Waals surface area contributed by atoms with E-state index in [1.807, 2.05) is 32.9 Å². The van der Waals surface area contributed by atoms with Gasteiger partial charge in [-0.05, 0) is 38.3 Å². The summed E-state index contributed by atoms with van der Waals surface area (Å²) in [5, 5.41) is 1.22. The van der Waals surface area contributed by atoms with E-state index in [9.17, 15) is 14.4 Å². The number of ether oxygens (including phenoxy) is 2. The Balaban J connectivity index is 2.83. The quantitative estimate of drug-likeness (QED) is 0.358. The highest BCUT2D eigenvalue weighted by molar-refractivity contribution is 6.22. The molecule has 0 aliphatic heterocycles. The highest BCUT2D eigenvalue weighted by Gasteiger charge is 2.24. The van der Waals surface area contributed by atoms with Gasteiger partial charge in [-0.3, -0.25) is 14.4 Å². The molecule has 0 bridgehead atoms. The molecule has 2 aromatic rings. The van der Waals surface area contributed by atoms with Crippen LogP contribution < -0.4 is 5.56 Å². The average molecular weight is 370 g/mol. The summed E-state index contributed by atoms with van der Waals surface area (Å²) >= 11 is 0. The van der Waals surface area contributed by atoms with Crippen LogP contribution in [0.4, 0.5) is 0 Å². The molecule has 1 aromatic carbocycles. The number of nitrogens with zero attached hydrogens (tertiary/aromatic N) is 2. The maximum atomic E-state index is 13.0. The number of esters is 2. The van der Waals surface area contributed by atoms with Gasteiger partial charge in [0.25, 0.3) is 5.56 Å². The minimum Gasteiger partial charge on any atom is -0.466 e. The van der Waals surface area contributed by atoms with E-state index in [2.05, 4.69) is 9.73 Å². The average Bonchev–Trinajstić information content (AvgIpc) is 2.63. The summed E-state index contributed by atoms with van der Waals surface area (Å²) in [5.41, 5.74) is -1.17. The fourth-order valence-electron chi connectivity index (χ4n) is 2.42. The standard InChI is InChI=1S/C20H22N2O5/c1-20(2,3)21-17(15(19(25)27-5)12-16(23)26-4)22-11-10-13-8-6-7-9-14(13)18(22)24/h6-12H,1-5H3/b15-12+,21-17?. The van der Waals surface area contributed by atoms with Crippen LogP contribution in [-0.4, -0.2) is 42.1 Å². The molecule has 0 aliphatic rings. The van der Waals surface area contributed by atoms with Crippen LogP contribution in [-0.2, 0) is 19.1 Å². The molecule has 0 atom stereocenters. The summed E-state index contributed by atoms with van der Waals surface area (Å²) in [6, 6.07) is 8.81. The maximum absolute atomic E-state index is 13.0. The van der Waals surface area contributed by atoms with Gasteiger partial charge in [0, 0.05) is 17.7 Å². The Bertz CT molecular complexity index is 993. The van der Waals surface area contributed by atoms with Crippen molar-refractivity contribution in [1.82, 2.24) is 4.57 Å². The summed E-state index contributed by atoms with van der Waals surface area (Å²) in [6.45, 7) is 5.43. The molecule has 1 aromatic heterocycles. The Morgan fingerprint density at radius 1 is 1.07 bits per heavy atom. The van der Waals surface area contributed by atoms with Gasteiger partial charge >= 0.3 is 11.9 Å². The van der Waals surface area contributed by atoms with Gasteiger partial charge in [-0.1, -0.05) is 18.2 Å². The van der Waals surface area contributed by atoms with Gasteiger partial charge in [0.05, 0.1) is 19.8 Å². The number of hydrogen-bond donors (Lipinski definition) is 0. The Morgan fingerprint density at radius 2 is 1.74 bits per heavy atom. The Morgan fingerprint density at radius 3 is 2.33 bits per heavy atom. The van der Waals surface area contributed by atoms with Crippen LogP contribution in [0.3, 0.4) is 0 Å². The molecule has 0 spiro atoms. The van der Waals surface area contributed by atoms with Gasteiger partial charge in [0.15, 0.2) is 0 Å². The highest BCUT2D eigenvalue weighted by Crippen LogP contribution is 2.15. The summed E-state index contributed by atoms with van der Waals surface area (Å²) in [5.74, 6) is -1.55. The van der Waals surface area contributed by atoms with Gasteiger partial charge in [0.2, 0.25) is 0 Å². The minimum absolute atomic E-state index is 0.00973. The summed E-state index contributed by atoms with van der Waals surface area (Å²) in [6.07, 6.45) is 2.49. The third-order valence-electron chi connectivity index (χ3n) is 3.59. The predicted molar refractivity (Wildman–Crippen MR) is 103 cm³/mol. The van der Waals surface area contributed by atoms with Crippen molar-refractivity contribution in [3.63, 3.8) is 0 Å². The van der Waals surface area contributed by atoms with E-state index in [4.69, 9.17) is 4.74 Å². The van der Waals surface area contributed by atoms with Crippen molar-refractivity contribution in [3.8, 4) is 0 Å². The van der Waals surface area contributed by atoms with Crippen LogP contribution in [0.5, 0.6) is 0 Å². The van der Waals surface area contributed by atoms with Gasteiger partial charge < -0.3 is 9.47 Å². The molecular weight excluding hydrogens is 348 g/mol. The number of aromatic nitrogens is 1. The first-order chi connectivity index (χ1) is 12.7. The van der Waals surface area contributed by atoms with E-state index in [1.54, 1.807) is 18.2 Å². The number of rotatable bonds is 3. The van der Waals surface area contributed by atoms with E-state index in [1.165, 1.54) is 25.0 Å². The molecule has 0 N–H and O–H groups in total. The van der Waals surface area contributed by atoms with E-state index < -0.39 is 17.5 Å². The van der Waals surface area contributed by atoms with E-state index in [-0.39, 0.29) is 17.0 Å². The normalized spacial score (nSPS) is 12.8. The van der Waals surface area contributed by atoms with Gasteiger partial charge in [0.1, 0.15) is 11.4 Å². The Labute approximate surface area is 156 Å². The lowest BCUT2D eigenvalue weighted by molar-refractivity contribution is -0.138. The number of methoxy groups -OCH3 is 2. The second-order valence-electron chi connectivity index (χ2n) is 6.76. The van der Waals surface area contributed by atoms with Crippen molar-refractivity contribution < 1.29 is 19.1 Å². The van der Waals surface area contributed by atoms with Crippen molar-refractivity contribution in [1.29, 1.82) is 0 Å². The fraction of sp³-hybridized carbons (Fsp3) is 0.300. The molecule has 0 aliphatic carbocycles. The van der Waals surface area contributed by atoms with Crippen LogP contribution >= 0.6 is 0 Å². The first-order valence-corrected chi connectivity index (χ1v) is 8.27. The van der Waals surface area contributed by atoms with Gasteiger partial charge in [-0.2, -0.15) is 0 Å². The Hall–Kier alpha value is -3.22. The lowest BCUT2D eigenvalue weighted by Crippen LogP contribution is -2.33. The number of aliphatic imine (C=N–C) groups is 1. The molecule has 1 heterocycles. The second-order valence-corrected chi connectivity index (χ2v) is 6.76. The number of pyridine rings is 1. The monoisotopic (exact) mass is 370 g/mol. The minimum atomic E-state index is -0.802. The molecule has 0 radical (unpaired) electrons. The largest absolute Gasteiger partial charge is 0.466 e. The Kier molecular flexibility index (Phi) is 5.95. The summed E-state index contributed by atoms with van der Waals surface area (Å²) in [4.78, 5) is 41.7. The van der Waals surface area contributed by atoms with Crippen LogP contribution in [0, 0.1) is 0 Å². The summed E-state index contributed by atoms with van der Waals surface area (Å²) in [7, 11) is 2.38. The molecule has 2 rings (SSSR count). The highest BCUT2D eigenvalue weighted by atomic mass is 16.5. The van der Waals surface area contributed by atoms with Crippen LogP contribution in [0.15, 0.2) is 58.0 Å². The molecule has 7 heteroatoms.